The van der Waals surface area contributed by atoms with Crippen molar-refractivity contribution >= 4 is 17.7 Å². The highest BCUT2D eigenvalue weighted by atomic mass is 32.2. The van der Waals surface area contributed by atoms with Gasteiger partial charge in [-0.3, -0.25) is 4.79 Å². The van der Waals surface area contributed by atoms with Gasteiger partial charge in [0.2, 0.25) is 5.91 Å². The smallest absolute Gasteiger partial charge is 0.237 e. The molecule has 0 heterocycles. The van der Waals surface area contributed by atoms with Crippen molar-refractivity contribution in [2.45, 2.75) is 51.1 Å². The second kappa shape index (κ2) is 7.17. The average molecular weight is 244 g/mol. The summed E-state index contributed by atoms with van der Waals surface area (Å²) in [4.78, 5) is 11.8. The molecule has 3 nitrogen and oxygen atoms in total. The highest BCUT2D eigenvalue weighted by Gasteiger charge is 2.24. The van der Waals surface area contributed by atoms with Crippen LogP contribution in [-0.2, 0) is 4.79 Å². The Hall–Kier alpha value is -0.220. The molecule has 16 heavy (non-hydrogen) atoms. The van der Waals surface area contributed by atoms with Crippen LogP contribution in [0.1, 0.15) is 39.0 Å². The molecule has 4 heteroatoms. The number of carbonyl (C=O) groups is 1. The Morgan fingerprint density at radius 3 is 2.69 bits per heavy atom. The van der Waals surface area contributed by atoms with Crippen molar-refractivity contribution in [3.05, 3.63) is 0 Å². The molecule has 0 aromatic carbocycles. The Balaban J connectivity index is 2.26. The van der Waals surface area contributed by atoms with Gasteiger partial charge >= 0.3 is 0 Å². The molecule has 1 rings (SSSR count). The van der Waals surface area contributed by atoms with Gasteiger partial charge in [0, 0.05) is 6.04 Å². The van der Waals surface area contributed by atoms with Gasteiger partial charge in [-0.05, 0) is 44.1 Å². The van der Waals surface area contributed by atoms with Crippen molar-refractivity contribution in [3.63, 3.8) is 0 Å². The Bertz CT molecular complexity index is 217. The minimum atomic E-state index is -0.337. The van der Waals surface area contributed by atoms with Crippen LogP contribution in [0.3, 0.4) is 0 Å². The second-order valence-electron chi connectivity index (χ2n) is 4.73. The van der Waals surface area contributed by atoms with Gasteiger partial charge in [0.15, 0.2) is 0 Å². The molecule has 0 spiro atoms. The molecule has 2 atom stereocenters. The normalized spacial score (nSPS) is 20.7. The van der Waals surface area contributed by atoms with Gasteiger partial charge in [-0.1, -0.05) is 12.8 Å². The third-order valence-electron chi connectivity index (χ3n) is 3.45. The van der Waals surface area contributed by atoms with E-state index in [4.69, 9.17) is 5.73 Å². The van der Waals surface area contributed by atoms with Crippen molar-refractivity contribution in [1.82, 2.24) is 5.32 Å². The van der Waals surface area contributed by atoms with E-state index >= 15 is 0 Å². The number of hydrogen-bond donors (Lipinski definition) is 2. The summed E-state index contributed by atoms with van der Waals surface area (Å²) in [6, 6.07) is -0.0494. The number of thioether (sulfide) groups is 1. The van der Waals surface area contributed by atoms with Crippen LogP contribution in [0.25, 0.3) is 0 Å². The summed E-state index contributed by atoms with van der Waals surface area (Å²) in [6.07, 6.45) is 7.92. The zero-order valence-corrected chi connectivity index (χ0v) is 11.2. The molecule has 0 radical (unpaired) electrons. The van der Waals surface area contributed by atoms with Gasteiger partial charge in [-0.2, -0.15) is 11.8 Å². The Kier molecular flexibility index (Phi) is 6.21. The highest BCUT2D eigenvalue weighted by molar-refractivity contribution is 7.98. The van der Waals surface area contributed by atoms with Crippen LogP contribution in [0.4, 0.5) is 0 Å². The maximum absolute atomic E-state index is 11.8. The fraction of sp³-hybridized carbons (Fsp3) is 0.917. The lowest BCUT2D eigenvalue weighted by atomic mass is 9.99. The largest absolute Gasteiger partial charge is 0.352 e. The first kappa shape index (κ1) is 13.8. The van der Waals surface area contributed by atoms with Gasteiger partial charge in [-0.15, -0.1) is 0 Å². The summed E-state index contributed by atoms with van der Waals surface area (Å²) >= 11 is 1.73. The third kappa shape index (κ3) is 4.34. The Labute approximate surface area is 103 Å². The van der Waals surface area contributed by atoms with E-state index in [2.05, 4.69) is 12.2 Å². The summed E-state index contributed by atoms with van der Waals surface area (Å²) in [5.74, 6) is 1.64. The van der Waals surface area contributed by atoms with Crippen LogP contribution in [0, 0.1) is 5.92 Å². The van der Waals surface area contributed by atoms with E-state index in [0.29, 0.717) is 5.92 Å². The SMILES string of the molecule is CSCC[C@@H](N)C(=O)N[C@H](C)C1CCCC1. The average Bonchev–Trinajstić information content (AvgIpc) is 2.79. The standard InChI is InChI=1S/C12H24N2OS/c1-9(10-5-3-4-6-10)14-12(15)11(13)7-8-16-2/h9-11H,3-8,13H2,1-2H3,(H,14,15)/t9-,11-/m1/s1. The topological polar surface area (TPSA) is 55.1 Å². The molecule has 0 aromatic heterocycles. The van der Waals surface area contributed by atoms with Gasteiger partial charge in [0.25, 0.3) is 0 Å². The lowest BCUT2D eigenvalue weighted by molar-refractivity contribution is -0.123. The first-order valence-electron chi connectivity index (χ1n) is 6.20. The highest BCUT2D eigenvalue weighted by Crippen LogP contribution is 2.27. The predicted molar refractivity (Wildman–Crippen MR) is 70.5 cm³/mol. The molecule has 0 aliphatic heterocycles. The molecule has 1 amide bonds. The molecule has 1 saturated carbocycles. The number of carbonyl (C=O) groups excluding carboxylic acids is 1. The third-order valence-corrected chi connectivity index (χ3v) is 4.09. The van der Waals surface area contributed by atoms with Gasteiger partial charge in [-0.25, -0.2) is 0 Å². The fourth-order valence-corrected chi connectivity index (χ4v) is 2.77. The van der Waals surface area contributed by atoms with Crippen LogP contribution in [0.5, 0.6) is 0 Å². The maximum Gasteiger partial charge on any atom is 0.237 e. The minimum Gasteiger partial charge on any atom is -0.352 e. The van der Waals surface area contributed by atoms with E-state index < -0.39 is 0 Å². The fourth-order valence-electron chi connectivity index (χ4n) is 2.28. The number of amides is 1. The van der Waals surface area contributed by atoms with Gasteiger partial charge in [0.1, 0.15) is 0 Å². The molecule has 1 fully saturated rings. The molecular weight excluding hydrogens is 220 g/mol. The van der Waals surface area contributed by atoms with E-state index in [9.17, 15) is 4.79 Å². The molecule has 1 aliphatic carbocycles. The van der Waals surface area contributed by atoms with E-state index in [1.54, 1.807) is 11.8 Å². The first-order valence-corrected chi connectivity index (χ1v) is 7.59. The summed E-state index contributed by atoms with van der Waals surface area (Å²) in [7, 11) is 0. The van der Waals surface area contributed by atoms with Crippen LogP contribution in [0.2, 0.25) is 0 Å². The van der Waals surface area contributed by atoms with Crippen LogP contribution in [-0.4, -0.2) is 30.0 Å². The van der Waals surface area contributed by atoms with Crippen molar-refractivity contribution in [2.75, 3.05) is 12.0 Å². The molecule has 0 unspecified atom stereocenters. The van der Waals surface area contributed by atoms with Crippen LogP contribution >= 0.6 is 11.8 Å². The molecular formula is C12H24N2OS. The molecule has 1 aliphatic rings. The molecule has 0 aromatic rings. The van der Waals surface area contributed by atoms with Crippen molar-refractivity contribution in [3.8, 4) is 0 Å². The quantitative estimate of drug-likeness (QED) is 0.748. The second-order valence-corrected chi connectivity index (χ2v) is 5.72. The zero-order chi connectivity index (χ0) is 12.0. The summed E-state index contributed by atoms with van der Waals surface area (Å²) < 4.78 is 0. The molecule has 0 bridgehead atoms. The number of rotatable bonds is 6. The lowest BCUT2D eigenvalue weighted by Crippen LogP contribution is -2.46. The lowest BCUT2D eigenvalue weighted by Gasteiger charge is -2.22. The van der Waals surface area contributed by atoms with E-state index in [1.807, 2.05) is 6.26 Å². The van der Waals surface area contributed by atoms with Crippen LogP contribution in [0.15, 0.2) is 0 Å². The number of nitrogens with one attached hydrogen (secondary N) is 1. The monoisotopic (exact) mass is 244 g/mol. The van der Waals surface area contributed by atoms with E-state index in [-0.39, 0.29) is 18.0 Å². The minimum absolute atomic E-state index is 0.0217. The van der Waals surface area contributed by atoms with E-state index in [0.717, 1.165) is 12.2 Å². The molecule has 3 N–H and O–H groups in total. The maximum atomic E-state index is 11.8. The Morgan fingerprint density at radius 1 is 1.50 bits per heavy atom. The summed E-state index contributed by atoms with van der Waals surface area (Å²) in [6.45, 7) is 2.11. The van der Waals surface area contributed by atoms with Crippen LogP contribution < -0.4 is 11.1 Å². The van der Waals surface area contributed by atoms with E-state index in [1.165, 1.54) is 25.7 Å². The number of nitrogens with two attached hydrogens (primary N) is 1. The van der Waals surface area contributed by atoms with Gasteiger partial charge in [0.05, 0.1) is 6.04 Å². The summed E-state index contributed by atoms with van der Waals surface area (Å²) in [5, 5.41) is 3.06. The molecule has 94 valence electrons. The molecule has 0 saturated heterocycles. The Morgan fingerprint density at radius 2 is 2.12 bits per heavy atom. The zero-order valence-electron chi connectivity index (χ0n) is 10.4. The first-order chi connectivity index (χ1) is 7.65. The van der Waals surface area contributed by atoms with Gasteiger partial charge < -0.3 is 11.1 Å². The predicted octanol–water partition coefficient (Wildman–Crippen LogP) is 1.76. The van der Waals surface area contributed by atoms with Crippen molar-refractivity contribution < 1.29 is 4.79 Å². The summed E-state index contributed by atoms with van der Waals surface area (Å²) in [5.41, 5.74) is 5.82. The number of hydrogen-bond acceptors (Lipinski definition) is 3. The van der Waals surface area contributed by atoms with Crippen molar-refractivity contribution in [2.24, 2.45) is 11.7 Å². The van der Waals surface area contributed by atoms with Crippen molar-refractivity contribution in [1.29, 1.82) is 0 Å².